The van der Waals surface area contributed by atoms with Crippen molar-refractivity contribution in [2.75, 3.05) is 13.1 Å². The average Bonchev–Trinajstić information content (AvgIpc) is 2.15. The van der Waals surface area contributed by atoms with Crippen molar-refractivity contribution in [1.82, 2.24) is 4.90 Å². The predicted octanol–water partition coefficient (Wildman–Crippen LogP) is 1.97. The Kier molecular flexibility index (Phi) is 4.39. The van der Waals surface area contributed by atoms with Crippen molar-refractivity contribution < 1.29 is 9.90 Å². The van der Waals surface area contributed by atoms with Gasteiger partial charge in [-0.25, -0.2) is 0 Å². The molecule has 0 aromatic carbocycles. The Labute approximate surface area is 86.1 Å². The molecule has 0 aromatic rings. The second-order valence-corrected chi connectivity index (χ2v) is 4.50. The molecule has 0 spiro atoms. The smallest absolute Gasteiger partial charge is 0.303 e. The molecule has 1 unspecified atom stereocenters. The summed E-state index contributed by atoms with van der Waals surface area (Å²) >= 11 is 0. The topological polar surface area (TPSA) is 40.5 Å². The van der Waals surface area contributed by atoms with Crippen molar-refractivity contribution in [2.45, 2.75) is 45.6 Å². The molecule has 1 aliphatic rings. The van der Waals surface area contributed by atoms with Gasteiger partial charge in [0.25, 0.3) is 0 Å². The van der Waals surface area contributed by atoms with Gasteiger partial charge in [0, 0.05) is 12.5 Å². The van der Waals surface area contributed by atoms with Crippen LogP contribution in [0.4, 0.5) is 0 Å². The highest BCUT2D eigenvalue weighted by atomic mass is 16.4. The van der Waals surface area contributed by atoms with Gasteiger partial charge in [-0.3, -0.25) is 4.79 Å². The fraction of sp³-hybridized carbons (Fsp3) is 0.909. The third-order valence-electron chi connectivity index (χ3n) is 3.22. The second-order valence-electron chi connectivity index (χ2n) is 4.50. The Bertz CT molecular complexity index is 186. The van der Waals surface area contributed by atoms with E-state index in [9.17, 15) is 4.79 Å². The highest BCUT2D eigenvalue weighted by Gasteiger charge is 2.20. The van der Waals surface area contributed by atoms with Crippen molar-refractivity contribution in [3.05, 3.63) is 0 Å². The number of hydrogen-bond donors (Lipinski definition) is 1. The Morgan fingerprint density at radius 1 is 1.50 bits per heavy atom. The van der Waals surface area contributed by atoms with Crippen LogP contribution in [0.5, 0.6) is 0 Å². The second kappa shape index (κ2) is 5.35. The number of nitrogens with zero attached hydrogens (tertiary/aromatic N) is 1. The monoisotopic (exact) mass is 199 g/mol. The van der Waals surface area contributed by atoms with Gasteiger partial charge in [-0.15, -0.1) is 0 Å². The van der Waals surface area contributed by atoms with Gasteiger partial charge in [0.15, 0.2) is 0 Å². The molecule has 1 heterocycles. The number of carboxylic acid groups (broad SMARTS) is 1. The van der Waals surface area contributed by atoms with E-state index in [1.807, 2.05) is 0 Å². The molecular weight excluding hydrogens is 178 g/mol. The molecule has 1 aliphatic heterocycles. The lowest BCUT2D eigenvalue weighted by molar-refractivity contribution is -0.137. The fourth-order valence-electron chi connectivity index (χ4n) is 1.98. The van der Waals surface area contributed by atoms with E-state index in [1.165, 1.54) is 12.8 Å². The van der Waals surface area contributed by atoms with Crippen LogP contribution < -0.4 is 0 Å². The zero-order valence-electron chi connectivity index (χ0n) is 9.20. The maximum Gasteiger partial charge on any atom is 0.303 e. The summed E-state index contributed by atoms with van der Waals surface area (Å²) in [7, 11) is 0. The zero-order valence-corrected chi connectivity index (χ0v) is 9.20. The summed E-state index contributed by atoms with van der Waals surface area (Å²) in [5.41, 5.74) is 0. The summed E-state index contributed by atoms with van der Waals surface area (Å²) in [6, 6.07) is 0.429. The minimum absolute atomic E-state index is 0.299. The summed E-state index contributed by atoms with van der Waals surface area (Å²) in [6.45, 7) is 6.71. The number of piperidine rings is 1. The number of rotatable bonds is 4. The highest BCUT2D eigenvalue weighted by Crippen LogP contribution is 2.19. The molecule has 0 amide bonds. The summed E-state index contributed by atoms with van der Waals surface area (Å²) in [5, 5.41) is 8.58. The van der Waals surface area contributed by atoms with Crippen molar-refractivity contribution in [2.24, 2.45) is 5.92 Å². The van der Waals surface area contributed by atoms with Gasteiger partial charge in [0.2, 0.25) is 0 Å². The third-order valence-corrected chi connectivity index (χ3v) is 3.22. The lowest BCUT2D eigenvalue weighted by Crippen LogP contribution is -2.39. The largest absolute Gasteiger partial charge is 0.481 e. The molecule has 1 saturated heterocycles. The van der Waals surface area contributed by atoms with Gasteiger partial charge in [0.1, 0.15) is 0 Å². The van der Waals surface area contributed by atoms with Crippen molar-refractivity contribution in [3.8, 4) is 0 Å². The first-order valence-electron chi connectivity index (χ1n) is 5.55. The Morgan fingerprint density at radius 3 is 2.57 bits per heavy atom. The lowest BCUT2D eigenvalue weighted by Gasteiger charge is -2.34. The van der Waals surface area contributed by atoms with E-state index in [-0.39, 0.29) is 0 Å². The van der Waals surface area contributed by atoms with Gasteiger partial charge in [-0.1, -0.05) is 6.92 Å². The molecule has 3 nitrogen and oxygen atoms in total. The summed E-state index contributed by atoms with van der Waals surface area (Å²) in [5.74, 6) is 0.167. The maximum absolute atomic E-state index is 10.4. The molecule has 1 N–H and O–H groups in total. The molecule has 1 fully saturated rings. The quantitative estimate of drug-likeness (QED) is 0.752. The molecule has 0 radical (unpaired) electrons. The van der Waals surface area contributed by atoms with Crippen LogP contribution in [0.1, 0.15) is 39.5 Å². The number of aliphatic carboxylic acids is 1. The molecule has 1 atom stereocenters. The molecule has 0 bridgehead atoms. The molecule has 82 valence electrons. The van der Waals surface area contributed by atoms with E-state index in [1.54, 1.807) is 0 Å². The average molecular weight is 199 g/mol. The Morgan fingerprint density at radius 2 is 2.07 bits per heavy atom. The number of likely N-dealkylation sites (tertiary alicyclic amines) is 1. The maximum atomic E-state index is 10.4. The van der Waals surface area contributed by atoms with E-state index in [2.05, 4.69) is 18.7 Å². The van der Waals surface area contributed by atoms with Gasteiger partial charge in [-0.05, 0) is 45.2 Å². The van der Waals surface area contributed by atoms with Gasteiger partial charge >= 0.3 is 5.97 Å². The van der Waals surface area contributed by atoms with Gasteiger partial charge in [-0.2, -0.15) is 0 Å². The first kappa shape index (κ1) is 11.5. The fourth-order valence-corrected chi connectivity index (χ4v) is 1.98. The van der Waals surface area contributed by atoms with Gasteiger partial charge < -0.3 is 10.0 Å². The van der Waals surface area contributed by atoms with Crippen LogP contribution in [0.2, 0.25) is 0 Å². The van der Waals surface area contributed by atoms with E-state index in [4.69, 9.17) is 5.11 Å². The van der Waals surface area contributed by atoms with E-state index >= 15 is 0 Å². The zero-order chi connectivity index (χ0) is 10.6. The molecule has 3 heteroatoms. The van der Waals surface area contributed by atoms with Crippen LogP contribution in [0.15, 0.2) is 0 Å². The Hall–Kier alpha value is -0.570. The van der Waals surface area contributed by atoms with Crippen LogP contribution in [-0.4, -0.2) is 35.1 Å². The lowest BCUT2D eigenvalue weighted by atomic mass is 9.97. The van der Waals surface area contributed by atoms with Crippen molar-refractivity contribution in [1.29, 1.82) is 0 Å². The van der Waals surface area contributed by atoms with Gasteiger partial charge in [0.05, 0.1) is 0 Å². The number of carboxylic acids is 1. The minimum Gasteiger partial charge on any atom is -0.481 e. The highest BCUT2D eigenvalue weighted by molar-refractivity contribution is 5.66. The van der Waals surface area contributed by atoms with Crippen molar-refractivity contribution in [3.63, 3.8) is 0 Å². The molecule has 0 aliphatic carbocycles. The van der Waals surface area contributed by atoms with E-state index in [0.717, 1.165) is 25.4 Å². The van der Waals surface area contributed by atoms with Crippen LogP contribution in [0.25, 0.3) is 0 Å². The Balaban J connectivity index is 2.23. The standard InChI is InChI=1S/C11H21NO2/c1-9-5-7-12(8-6-9)10(2)3-4-11(13)14/h9-10H,3-8H2,1-2H3,(H,13,14). The first-order chi connectivity index (χ1) is 6.59. The summed E-state index contributed by atoms with van der Waals surface area (Å²) in [6.07, 6.45) is 3.60. The molecular formula is C11H21NO2. The number of hydrogen-bond acceptors (Lipinski definition) is 2. The predicted molar refractivity (Wildman–Crippen MR) is 56.3 cm³/mol. The minimum atomic E-state index is -0.678. The van der Waals surface area contributed by atoms with E-state index in [0.29, 0.717) is 12.5 Å². The SMILES string of the molecule is CC1CCN(C(C)CCC(=O)O)CC1. The van der Waals surface area contributed by atoms with Crippen LogP contribution >= 0.6 is 0 Å². The molecule has 14 heavy (non-hydrogen) atoms. The van der Waals surface area contributed by atoms with E-state index < -0.39 is 5.97 Å². The first-order valence-corrected chi connectivity index (χ1v) is 5.55. The molecule has 1 rings (SSSR count). The van der Waals surface area contributed by atoms with Crippen LogP contribution in [-0.2, 0) is 4.79 Å². The summed E-state index contributed by atoms with van der Waals surface area (Å²) in [4.78, 5) is 12.8. The summed E-state index contributed by atoms with van der Waals surface area (Å²) < 4.78 is 0. The normalized spacial score (nSPS) is 22.1. The van der Waals surface area contributed by atoms with Crippen molar-refractivity contribution >= 4 is 5.97 Å². The van der Waals surface area contributed by atoms with Crippen LogP contribution in [0.3, 0.4) is 0 Å². The molecule has 0 aromatic heterocycles. The molecule has 0 saturated carbocycles. The van der Waals surface area contributed by atoms with Crippen LogP contribution in [0, 0.1) is 5.92 Å². The third kappa shape index (κ3) is 3.66. The number of carbonyl (C=O) groups is 1.